The van der Waals surface area contributed by atoms with E-state index in [0.29, 0.717) is 30.2 Å². The molecule has 1 aromatic rings. The minimum absolute atomic E-state index is 0. The summed E-state index contributed by atoms with van der Waals surface area (Å²) in [5.41, 5.74) is 7.64. The van der Waals surface area contributed by atoms with Gasteiger partial charge in [-0.25, -0.2) is 13.7 Å². The fourth-order valence-electron chi connectivity index (χ4n) is 1.58. The Bertz CT molecular complexity index is 1140. The summed E-state index contributed by atoms with van der Waals surface area (Å²) in [6.07, 6.45) is 6.51. The van der Waals surface area contributed by atoms with E-state index in [2.05, 4.69) is 80.5 Å². The third-order valence-corrected chi connectivity index (χ3v) is 3.92. The van der Waals surface area contributed by atoms with Crippen molar-refractivity contribution in [3.8, 4) is 71.2 Å². The molecular formula is C22H36N2O8S2. The standard InChI is InChI=1S/C11H17NO4S.C11H4.H3NO4S.6H2/c1-15-11-8-9(4-5-10(11)12)16-6-3-7-17(2,13)14;1-3-5-7-9-11-10-8-6-4-2;2-3-1-4-5-6;;;;;;/h4-5,8H,3,6-7,12H2,1-2H3;1H,2H3;1-2,6H;6*1H. The van der Waals surface area contributed by atoms with E-state index in [4.69, 9.17) is 26.9 Å². The molecule has 194 valence electrons. The van der Waals surface area contributed by atoms with Gasteiger partial charge >= 0.3 is 0 Å². The van der Waals surface area contributed by atoms with Crippen LogP contribution in [0.5, 0.6) is 11.5 Å². The normalized spacial score (nSPS) is 8.35. The van der Waals surface area contributed by atoms with Crippen LogP contribution >= 0.6 is 12.9 Å². The molecule has 0 saturated carbocycles. The molecule has 0 aromatic heterocycles. The minimum atomic E-state index is -2.92. The van der Waals surface area contributed by atoms with Crippen LogP contribution in [0.1, 0.15) is 21.9 Å². The smallest absolute Gasteiger partial charge is 0.147 e. The highest BCUT2D eigenvalue weighted by molar-refractivity contribution is 7.90. The molecule has 10 nitrogen and oxygen atoms in total. The van der Waals surface area contributed by atoms with Crippen LogP contribution in [0.2, 0.25) is 0 Å². The van der Waals surface area contributed by atoms with Crippen molar-refractivity contribution >= 4 is 28.4 Å². The summed E-state index contributed by atoms with van der Waals surface area (Å²) in [6.45, 7) is 2.06. The molecule has 0 spiro atoms. The van der Waals surface area contributed by atoms with E-state index >= 15 is 0 Å². The Kier molecular flexibility index (Phi) is 21.8. The fourth-order valence-corrected chi connectivity index (χ4v) is 2.25. The molecule has 4 N–H and O–H groups in total. The summed E-state index contributed by atoms with van der Waals surface area (Å²) < 4.78 is 35.8. The zero-order chi connectivity index (χ0) is 26.1. The highest BCUT2D eigenvalue weighted by Crippen LogP contribution is 2.26. The lowest BCUT2D eigenvalue weighted by Crippen LogP contribution is -2.09. The number of nitrogen functional groups attached to an aromatic ring is 1. The quantitative estimate of drug-likeness (QED) is 0.0731. The lowest BCUT2D eigenvalue weighted by molar-refractivity contribution is -0.437. The van der Waals surface area contributed by atoms with Gasteiger partial charge in [0.2, 0.25) is 0 Å². The molecule has 1 rings (SSSR count). The zero-order valence-corrected chi connectivity index (χ0v) is 20.4. The molecule has 0 aliphatic carbocycles. The number of nitrogens with two attached hydrogens (primary N) is 1. The Labute approximate surface area is 214 Å². The van der Waals surface area contributed by atoms with Crippen molar-refractivity contribution < 1.29 is 46.0 Å². The second kappa shape index (κ2) is 22.7. The number of thiol groups is 1. The molecule has 0 aliphatic rings. The number of methoxy groups -OCH3 is 1. The number of sulfone groups is 1. The van der Waals surface area contributed by atoms with Crippen molar-refractivity contribution in [2.75, 3.05) is 31.5 Å². The Morgan fingerprint density at radius 1 is 1.18 bits per heavy atom. The molecular weight excluding hydrogens is 484 g/mol. The van der Waals surface area contributed by atoms with Crippen LogP contribution < -0.4 is 20.9 Å². The van der Waals surface area contributed by atoms with E-state index in [1.807, 2.05) is 0 Å². The van der Waals surface area contributed by atoms with E-state index in [1.54, 1.807) is 25.1 Å². The molecule has 0 unspecified atom stereocenters. The summed E-state index contributed by atoms with van der Waals surface area (Å²) in [5, 5.41) is 7.35. The monoisotopic (exact) mass is 520 g/mol. The van der Waals surface area contributed by atoms with Crippen LogP contribution in [0.4, 0.5) is 5.69 Å². The summed E-state index contributed by atoms with van der Waals surface area (Å²) in [6, 6.07) is 5.08. The fraction of sp³-hybridized carbons (Fsp3) is 0.273. The number of anilines is 1. The third kappa shape index (κ3) is 23.2. The van der Waals surface area contributed by atoms with E-state index < -0.39 is 9.84 Å². The van der Waals surface area contributed by atoms with E-state index in [-0.39, 0.29) is 14.3 Å². The number of terminal acetylenes is 1. The summed E-state index contributed by atoms with van der Waals surface area (Å²) in [5.74, 6) is 23.2. The summed E-state index contributed by atoms with van der Waals surface area (Å²) in [7, 11) is -1.40. The molecule has 0 amide bonds. The van der Waals surface area contributed by atoms with Crippen LogP contribution in [0.15, 0.2) is 18.2 Å². The van der Waals surface area contributed by atoms with Crippen LogP contribution in [0, 0.1) is 59.7 Å². The Hall–Kier alpha value is -3.48. The Morgan fingerprint density at radius 2 is 1.79 bits per heavy atom. The van der Waals surface area contributed by atoms with Gasteiger partial charge in [-0.05, 0) is 78.5 Å². The Balaban J connectivity index is -0.0000000657. The molecule has 0 bridgehead atoms. The zero-order valence-electron chi connectivity index (χ0n) is 18.7. The average Bonchev–Trinajstić information content (AvgIpc) is 2.81. The highest BCUT2D eigenvalue weighted by atomic mass is 32.2. The van der Waals surface area contributed by atoms with Crippen LogP contribution in [-0.4, -0.2) is 39.4 Å². The number of benzene rings is 1. The highest BCUT2D eigenvalue weighted by Gasteiger charge is 2.04. The lowest BCUT2D eigenvalue weighted by Gasteiger charge is -2.09. The maximum absolute atomic E-state index is 10.9. The van der Waals surface area contributed by atoms with E-state index in [9.17, 15) is 8.42 Å². The lowest BCUT2D eigenvalue weighted by atomic mass is 10.3. The molecule has 0 saturated heterocycles. The van der Waals surface area contributed by atoms with Gasteiger partial charge in [-0.2, -0.15) is 0 Å². The van der Waals surface area contributed by atoms with Gasteiger partial charge in [-0.1, -0.05) is 5.92 Å². The molecule has 0 radical (unpaired) electrons. The maximum atomic E-state index is 10.9. The third-order valence-electron chi connectivity index (χ3n) is 2.81. The van der Waals surface area contributed by atoms with Gasteiger partial charge in [-0.15, -0.1) is 20.7 Å². The first-order valence-corrected chi connectivity index (χ1v) is 11.3. The molecule has 12 heteroatoms. The number of nitrogens with one attached hydrogen (secondary N) is 1. The number of hydrogen-bond acceptors (Lipinski definition) is 11. The number of ether oxygens (including phenoxy) is 2. The predicted octanol–water partition coefficient (Wildman–Crippen LogP) is 2.91. The van der Waals surface area contributed by atoms with Crippen LogP contribution in [-0.2, 0) is 24.1 Å². The minimum Gasteiger partial charge on any atom is -0.494 e. The molecule has 34 heavy (non-hydrogen) atoms. The van der Waals surface area contributed by atoms with Gasteiger partial charge in [0.15, 0.2) is 0 Å². The maximum Gasteiger partial charge on any atom is 0.147 e. The van der Waals surface area contributed by atoms with Crippen LogP contribution in [0.3, 0.4) is 0 Å². The van der Waals surface area contributed by atoms with Crippen molar-refractivity contribution in [2.45, 2.75) is 13.3 Å². The molecule has 1 aromatic carbocycles. The second-order valence-corrected chi connectivity index (χ2v) is 7.75. The molecule has 0 aliphatic heterocycles. The van der Waals surface area contributed by atoms with Crippen molar-refractivity contribution in [1.82, 2.24) is 5.64 Å². The molecule has 0 atom stereocenters. The predicted molar refractivity (Wildman–Crippen MR) is 144 cm³/mol. The van der Waals surface area contributed by atoms with Crippen molar-refractivity contribution in [3.63, 3.8) is 0 Å². The largest absolute Gasteiger partial charge is 0.494 e. The summed E-state index contributed by atoms with van der Waals surface area (Å²) in [4.78, 5) is 6.76. The van der Waals surface area contributed by atoms with Gasteiger partial charge in [0.05, 0.1) is 25.2 Å². The van der Waals surface area contributed by atoms with Gasteiger partial charge < -0.3 is 15.2 Å². The topological polar surface area (TPSA) is 139 Å². The van der Waals surface area contributed by atoms with Gasteiger partial charge in [0.25, 0.3) is 0 Å². The summed E-state index contributed by atoms with van der Waals surface area (Å²) >= 11 is 3.08. The molecule has 0 fully saturated rings. The number of hydrogen-bond donors (Lipinski definition) is 4. The first kappa shape index (κ1) is 32.7. The van der Waals surface area contributed by atoms with Gasteiger partial charge in [0.1, 0.15) is 21.3 Å². The van der Waals surface area contributed by atoms with E-state index in [0.717, 1.165) is 0 Å². The SMILES string of the molecule is C#CC#CC#CC#CC#CC.COc1cc(OCCCS(C)(=O)=O)ccc1N.OONOOS.[HH].[HH].[HH].[HH].[HH].[HH]. The number of rotatable bonds is 9. The van der Waals surface area contributed by atoms with Crippen molar-refractivity contribution in [2.24, 2.45) is 0 Å². The second-order valence-electron chi connectivity index (χ2n) is 5.34. The van der Waals surface area contributed by atoms with E-state index in [1.165, 1.54) is 19.0 Å². The molecule has 0 heterocycles. The average molecular weight is 521 g/mol. The van der Waals surface area contributed by atoms with Crippen LogP contribution in [0.25, 0.3) is 0 Å². The van der Waals surface area contributed by atoms with Crippen molar-refractivity contribution in [3.05, 3.63) is 18.2 Å². The first-order chi connectivity index (χ1) is 16.2. The first-order valence-electron chi connectivity index (χ1n) is 8.89. The Morgan fingerprint density at radius 3 is 2.26 bits per heavy atom. The van der Waals surface area contributed by atoms with Gasteiger partial charge in [0, 0.05) is 33.8 Å². The van der Waals surface area contributed by atoms with Crippen molar-refractivity contribution in [1.29, 1.82) is 0 Å². The van der Waals surface area contributed by atoms with Gasteiger partial charge in [-0.3, -0.25) is 0 Å².